The summed E-state index contributed by atoms with van der Waals surface area (Å²) in [6.07, 6.45) is 5.81. The van der Waals surface area contributed by atoms with E-state index in [4.69, 9.17) is 4.74 Å². The Bertz CT molecular complexity index is 714. The predicted octanol–water partition coefficient (Wildman–Crippen LogP) is 2.59. The number of hydrogen-bond acceptors (Lipinski definition) is 3. The molecule has 1 aliphatic heterocycles. The second kappa shape index (κ2) is 6.40. The molecule has 3 rings (SSSR count). The molecule has 1 aromatic heterocycles. The number of nitrogens with zero attached hydrogens (tertiary/aromatic N) is 3. The third-order valence-electron chi connectivity index (χ3n) is 4.30. The molecule has 1 aromatic carbocycles. The highest BCUT2D eigenvalue weighted by atomic mass is 19.1. The molecule has 1 aliphatic rings. The van der Waals surface area contributed by atoms with Gasteiger partial charge in [0.15, 0.2) is 11.6 Å². The highest BCUT2D eigenvalue weighted by Crippen LogP contribution is 2.28. The van der Waals surface area contributed by atoms with E-state index in [-0.39, 0.29) is 17.6 Å². The molecule has 23 heavy (non-hydrogen) atoms. The third-order valence-corrected chi connectivity index (χ3v) is 4.30. The summed E-state index contributed by atoms with van der Waals surface area (Å²) in [5, 5.41) is 4.20. The molecule has 0 N–H and O–H groups in total. The molecule has 0 spiro atoms. The number of halogens is 1. The Labute approximate surface area is 134 Å². The maximum Gasteiger partial charge on any atom is 0.253 e. The van der Waals surface area contributed by atoms with Crippen LogP contribution in [0.15, 0.2) is 30.6 Å². The van der Waals surface area contributed by atoms with Crippen LogP contribution < -0.4 is 4.74 Å². The number of piperidine rings is 1. The molecule has 1 amide bonds. The first kappa shape index (κ1) is 15.5. The normalized spacial score (nSPS) is 18.0. The molecule has 0 radical (unpaired) electrons. The quantitative estimate of drug-likeness (QED) is 0.874. The van der Waals surface area contributed by atoms with E-state index in [1.165, 1.54) is 19.2 Å². The van der Waals surface area contributed by atoms with E-state index >= 15 is 0 Å². The predicted molar refractivity (Wildman–Crippen MR) is 84.0 cm³/mol. The van der Waals surface area contributed by atoms with Crippen LogP contribution in [0.1, 0.15) is 34.7 Å². The average Bonchev–Trinajstić information content (AvgIpc) is 3.01. The molecule has 1 saturated heterocycles. The van der Waals surface area contributed by atoms with Gasteiger partial charge in [0.1, 0.15) is 0 Å². The lowest BCUT2D eigenvalue weighted by Crippen LogP contribution is -2.39. The fourth-order valence-corrected chi connectivity index (χ4v) is 3.07. The Morgan fingerprint density at radius 1 is 1.43 bits per heavy atom. The molecule has 0 bridgehead atoms. The van der Waals surface area contributed by atoms with Crippen molar-refractivity contribution in [2.24, 2.45) is 7.05 Å². The Morgan fingerprint density at radius 2 is 2.26 bits per heavy atom. The lowest BCUT2D eigenvalue weighted by Gasteiger charge is -2.32. The minimum Gasteiger partial charge on any atom is -0.494 e. The maximum atomic E-state index is 13.8. The van der Waals surface area contributed by atoms with Gasteiger partial charge in [-0.2, -0.15) is 5.10 Å². The van der Waals surface area contributed by atoms with Crippen LogP contribution in [0, 0.1) is 5.82 Å². The van der Waals surface area contributed by atoms with Crippen LogP contribution in [0.25, 0.3) is 0 Å². The topological polar surface area (TPSA) is 47.4 Å². The maximum absolute atomic E-state index is 13.8. The zero-order valence-corrected chi connectivity index (χ0v) is 13.3. The number of carbonyl (C=O) groups is 1. The number of methoxy groups -OCH3 is 1. The summed E-state index contributed by atoms with van der Waals surface area (Å²) in [7, 11) is 3.29. The van der Waals surface area contributed by atoms with Gasteiger partial charge in [-0.25, -0.2) is 4.39 Å². The van der Waals surface area contributed by atoms with Gasteiger partial charge in [-0.05, 0) is 36.6 Å². The average molecular weight is 317 g/mol. The van der Waals surface area contributed by atoms with E-state index in [0.717, 1.165) is 18.4 Å². The summed E-state index contributed by atoms with van der Waals surface area (Å²) in [5.74, 6) is -0.225. The Kier molecular flexibility index (Phi) is 4.32. The van der Waals surface area contributed by atoms with E-state index in [2.05, 4.69) is 5.10 Å². The van der Waals surface area contributed by atoms with Gasteiger partial charge in [-0.15, -0.1) is 0 Å². The number of hydrogen-bond donors (Lipinski definition) is 0. The first-order chi connectivity index (χ1) is 11.1. The van der Waals surface area contributed by atoms with Gasteiger partial charge in [-0.1, -0.05) is 0 Å². The standard InChI is InChI=1S/C17H20FN3O2/c1-20-10-14(9-19-20)13-4-3-7-21(11-13)17(22)12-5-6-16(23-2)15(18)8-12/h5-6,8-10,13H,3-4,7,11H2,1-2H3. The van der Waals surface area contributed by atoms with Crippen molar-refractivity contribution in [3.8, 4) is 5.75 Å². The summed E-state index contributed by atoms with van der Waals surface area (Å²) in [6.45, 7) is 1.33. The van der Waals surface area contributed by atoms with Gasteiger partial charge in [0.25, 0.3) is 5.91 Å². The van der Waals surface area contributed by atoms with E-state index < -0.39 is 5.82 Å². The summed E-state index contributed by atoms with van der Waals surface area (Å²) in [4.78, 5) is 14.4. The number of ether oxygens (including phenoxy) is 1. The number of aromatic nitrogens is 2. The van der Waals surface area contributed by atoms with Crippen LogP contribution in [0.3, 0.4) is 0 Å². The van der Waals surface area contributed by atoms with Crippen molar-refractivity contribution in [2.45, 2.75) is 18.8 Å². The molecule has 1 atom stereocenters. The molecule has 0 aliphatic carbocycles. The van der Waals surface area contributed by atoms with E-state index in [9.17, 15) is 9.18 Å². The molecule has 1 unspecified atom stereocenters. The van der Waals surface area contributed by atoms with Gasteiger partial charge in [-0.3, -0.25) is 9.48 Å². The zero-order valence-electron chi connectivity index (χ0n) is 13.3. The summed E-state index contributed by atoms with van der Waals surface area (Å²) >= 11 is 0. The molecule has 0 saturated carbocycles. The Hall–Kier alpha value is -2.37. The van der Waals surface area contributed by atoms with Gasteiger partial charge in [0.05, 0.1) is 13.3 Å². The van der Waals surface area contributed by atoms with E-state index in [0.29, 0.717) is 18.7 Å². The second-order valence-corrected chi connectivity index (χ2v) is 5.89. The van der Waals surface area contributed by atoms with Crippen molar-refractivity contribution in [1.29, 1.82) is 0 Å². The first-order valence-electron chi connectivity index (χ1n) is 7.70. The Morgan fingerprint density at radius 3 is 2.91 bits per heavy atom. The number of carbonyl (C=O) groups excluding carboxylic acids is 1. The van der Waals surface area contributed by atoms with Crippen LogP contribution in [0.5, 0.6) is 5.75 Å². The molecule has 2 aromatic rings. The minimum atomic E-state index is -0.515. The lowest BCUT2D eigenvalue weighted by atomic mass is 9.92. The first-order valence-corrected chi connectivity index (χ1v) is 7.70. The fourth-order valence-electron chi connectivity index (χ4n) is 3.07. The van der Waals surface area contributed by atoms with Gasteiger partial charge >= 0.3 is 0 Å². The molecular formula is C17H20FN3O2. The van der Waals surface area contributed by atoms with Crippen molar-refractivity contribution in [3.63, 3.8) is 0 Å². The van der Waals surface area contributed by atoms with Crippen molar-refractivity contribution >= 4 is 5.91 Å². The molecule has 2 heterocycles. The fraction of sp³-hybridized carbons (Fsp3) is 0.412. The van der Waals surface area contributed by atoms with Crippen LogP contribution in [0.2, 0.25) is 0 Å². The number of benzene rings is 1. The number of likely N-dealkylation sites (tertiary alicyclic amines) is 1. The SMILES string of the molecule is COc1ccc(C(=O)N2CCCC(c3cnn(C)c3)C2)cc1F. The largest absolute Gasteiger partial charge is 0.494 e. The van der Waals surface area contributed by atoms with Gasteiger partial charge in [0.2, 0.25) is 0 Å². The van der Waals surface area contributed by atoms with Crippen LogP contribution in [0.4, 0.5) is 4.39 Å². The summed E-state index contributed by atoms with van der Waals surface area (Å²) < 4.78 is 20.5. The molecule has 122 valence electrons. The van der Waals surface area contributed by atoms with Crippen molar-refractivity contribution < 1.29 is 13.9 Å². The summed E-state index contributed by atoms with van der Waals surface area (Å²) in [5.41, 5.74) is 1.50. The summed E-state index contributed by atoms with van der Waals surface area (Å²) in [6, 6.07) is 4.35. The van der Waals surface area contributed by atoms with Crippen molar-refractivity contribution in [3.05, 3.63) is 47.5 Å². The molecule has 6 heteroatoms. The second-order valence-electron chi connectivity index (χ2n) is 5.89. The highest BCUT2D eigenvalue weighted by molar-refractivity contribution is 5.94. The molecular weight excluding hydrogens is 297 g/mol. The monoisotopic (exact) mass is 317 g/mol. The van der Waals surface area contributed by atoms with Crippen LogP contribution >= 0.6 is 0 Å². The smallest absolute Gasteiger partial charge is 0.253 e. The zero-order chi connectivity index (χ0) is 16.4. The molecule has 1 fully saturated rings. The van der Waals surface area contributed by atoms with Crippen LogP contribution in [-0.4, -0.2) is 40.8 Å². The Balaban J connectivity index is 1.75. The van der Waals surface area contributed by atoms with E-state index in [1.54, 1.807) is 15.6 Å². The number of aryl methyl sites for hydroxylation is 1. The van der Waals surface area contributed by atoms with Crippen molar-refractivity contribution in [2.75, 3.05) is 20.2 Å². The third kappa shape index (κ3) is 3.21. The van der Waals surface area contributed by atoms with Crippen molar-refractivity contribution in [1.82, 2.24) is 14.7 Å². The molecule has 5 nitrogen and oxygen atoms in total. The number of amides is 1. The van der Waals surface area contributed by atoms with Gasteiger partial charge in [0, 0.05) is 37.8 Å². The van der Waals surface area contributed by atoms with E-state index in [1.807, 2.05) is 19.4 Å². The van der Waals surface area contributed by atoms with Crippen LogP contribution in [-0.2, 0) is 7.05 Å². The lowest BCUT2D eigenvalue weighted by molar-refractivity contribution is 0.0706. The number of rotatable bonds is 3. The highest BCUT2D eigenvalue weighted by Gasteiger charge is 2.26. The minimum absolute atomic E-state index is 0.139. The van der Waals surface area contributed by atoms with Gasteiger partial charge < -0.3 is 9.64 Å².